The Hall–Kier alpha value is -4.69. The standard InChI is InChI=1S/C9H8BNO2.C8H9BO2.C6H11BO2.C6H13BO2.C5H2BF4NO2.C4H9BO2.C2H5BO2/c12-10(13)9-6-11-5-7-3-1-2-4-8(7)9;10-9(11)7-6-8-4-2-1-3-5-8;8-7(9)6-4-2-1-3-5-6;1-2-3-4-5-6-7(8)9;7-1-2(8)4(6(12)13)11-5(10)3(1)9;1-3-4(2)5(6)7;1-2-3(4)5/h1-6,12-13H;1-7,10-11H;4,8-9H,1-3,5H2;5-6,8-9H,2-4H2,1H3;12-13H;3,6-7H,1-2H3;2,4-5H,1H2. The molecule has 16 nitrogen and oxygen atoms in total. The van der Waals surface area contributed by atoms with E-state index < -0.39 is 78.8 Å². The van der Waals surface area contributed by atoms with E-state index in [-0.39, 0.29) is 0 Å². The number of fused-ring (bicyclic) bond motifs is 1. The summed E-state index contributed by atoms with van der Waals surface area (Å²) < 4.78 is 49.4. The Morgan fingerprint density at radius 2 is 1.28 bits per heavy atom. The molecule has 27 heteroatoms. The quantitative estimate of drug-likeness (QED) is 0.0417. The van der Waals surface area contributed by atoms with E-state index in [0.29, 0.717) is 10.9 Å². The number of aromatic nitrogens is 2. The van der Waals surface area contributed by atoms with Gasteiger partial charge in [0.15, 0.2) is 11.6 Å². The average Bonchev–Trinajstić information content (AvgIpc) is 3.31. The topological polar surface area (TPSA) is 309 Å². The molecule has 2 aromatic heterocycles. The molecule has 0 aliphatic heterocycles. The summed E-state index contributed by atoms with van der Waals surface area (Å²) in [5.41, 5.74) is 1.48. The molecule has 360 valence electrons. The number of hydrogen-bond acceptors (Lipinski definition) is 16. The van der Waals surface area contributed by atoms with Crippen LogP contribution in [0.25, 0.3) is 16.8 Å². The Kier molecular flexibility index (Phi) is 36.8. The van der Waals surface area contributed by atoms with Crippen LogP contribution in [0.1, 0.15) is 71.3 Å². The third-order valence-corrected chi connectivity index (χ3v) is 8.26. The molecule has 67 heavy (non-hydrogen) atoms. The van der Waals surface area contributed by atoms with Crippen molar-refractivity contribution in [3.05, 3.63) is 150 Å². The third kappa shape index (κ3) is 31.1. The van der Waals surface area contributed by atoms with Crippen LogP contribution in [0.15, 0.2) is 121 Å². The monoisotopic (exact) mass is 942 g/mol. The van der Waals surface area contributed by atoms with Gasteiger partial charge in [-0.05, 0) is 73.2 Å². The van der Waals surface area contributed by atoms with Crippen LogP contribution in [0.2, 0.25) is 0 Å². The molecule has 0 atom stereocenters. The van der Waals surface area contributed by atoms with E-state index in [9.17, 15) is 17.6 Å². The Balaban J connectivity index is 0. The molecule has 0 spiro atoms. The van der Waals surface area contributed by atoms with Crippen molar-refractivity contribution in [2.24, 2.45) is 0 Å². The second kappa shape index (κ2) is 38.3. The van der Waals surface area contributed by atoms with Gasteiger partial charge < -0.3 is 70.3 Å². The van der Waals surface area contributed by atoms with Crippen molar-refractivity contribution in [2.75, 3.05) is 0 Å². The lowest BCUT2D eigenvalue weighted by molar-refractivity contribution is 0.383. The van der Waals surface area contributed by atoms with E-state index in [1.165, 1.54) is 24.6 Å². The van der Waals surface area contributed by atoms with Crippen molar-refractivity contribution in [3.8, 4) is 0 Å². The number of benzene rings is 2. The lowest BCUT2D eigenvalue weighted by Gasteiger charge is -2.10. The molecule has 4 aromatic rings. The fourth-order valence-electron chi connectivity index (χ4n) is 4.57. The summed E-state index contributed by atoms with van der Waals surface area (Å²) in [4.78, 5) is 6.39. The van der Waals surface area contributed by atoms with Crippen LogP contribution < -0.4 is 11.1 Å². The van der Waals surface area contributed by atoms with Crippen LogP contribution >= 0.6 is 0 Å². The molecule has 2 aromatic carbocycles. The van der Waals surface area contributed by atoms with Crippen molar-refractivity contribution in [1.82, 2.24) is 9.97 Å². The first-order chi connectivity index (χ1) is 31.5. The van der Waals surface area contributed by atoms with Crippen molar-refractivity contribution in [2.45, 2.75) is 65.7 Å². The minimum atomic E-state index is -2.50. The minimum Gasteiger partial charge on any atom is -0.424 e. The summed E-state index contributed by atoms with van der Waals surface area (Å²) >= 11 is 0. The van der Waals surface area contributed by atoms with Crippen LogP contribution in [0.5, 0.6) is 0 Å². The number of rotatable bonds is 11. The van der Waals surface area contributed by atoms with Gasteiger partial charge in [-0.3, -0.25) is 4.98 Å². The molecule has 14 N–H and O–H groups in total. The van der Waals surface area contributed by atoms with E-state index in [4.69, 9.17) is 70.3 Å². The second-order valence-electron chi connectivity index (χ2n) is 13.5. The highest BCUT2D eigenvalue weighted by molar-refractivity contribution is 6.61. The number of hydrogen-bond donors (Lipinski definition) is 14. The predicted molar refractivity (Wildman–Crippen MR) is 257 cm³/mol. The van der Waals surface area contributed by atoms with Gasteiger partial charge >= 0.3 is 49.8 Å². The summed E-state index contributed by atoms with van der Waals surface area (Å²) in [5, 5.41) is 120. The highest BCUT2D eigenvalue weighted by Crippen LogP contribution is 2.17. The summed E-state index contributed by atoms with van der Waals surface area (Å²) in [6.45, 7) is 8.58. The van der Waals surface area contributed by atoms with Crippen molar-refractivity contribution >= 4 is 77.7 Å². The van der Waals surface area contributed by atoms with E-state index in [1.807, 2.05) is 60.7 Å². The number of halogens is 4. The molecule has 1 aliphatic carbocycles. The van der Waals surface area contributed by atoms with Crippen LogP contribution in [-0.2, 0) is 0 Å². The Labute approximate surface area is 390 Å². The first-order valence-electron chi connectivity index (χ1n) is 20.4. The van der Waals surface area contributed by atoms with Crippen molar-refractivity contribution in [1.29, 1.82) is 0 Å². The molecule has 1 aliphatic rings. The largest absolute Gasteiger partial charge is 0.511 e. The molecule has 0 amide bonds. The van der Waals surface area contributed by atoms with Gasteiger partial charge in [-0.15, -0.1) is 6.58 Å². The van der Waals surface area contributed by atoms with Gasteiger partial charge in [0.1, 0.15) is 5.59 Å². The zero-order valence-electron chi connectivity index (χ0n) is 37.3. The first kappa shape index (κ1) is 64.4. The maximum atomic E-state index is 12.5. The van der Waals surface area contributed by atoms with Crippen molar-refractivity contribution in [3.63, 3.8) is 0 Å². The van der Waals surface area contributed by atoms with Gasteiger partial charge in [-0.1, -0.05) is 117 Å². The molecule has 0 saturated heterocycles. The molecular formula is C40H57B7F4N2O14. The summed E-state index contributed by atoms with van der Waals surface area (Å²) in [6.07, 6.45) is 17.5. The van der Waals surface area contributed by atoms with Crippen LogP contribution in [0.3, 0.4) is 0 Å². The summed E-state index contributed by atoms with van der Waals surface area (Å²) in [6, 6.07) is 16.9. The fourth-order valence-corrected chi connectivity index (χ4v) is 4.57. The molecule has 0 unspecified atom stereocenters. The van der Waals surface area contributed by atoms with Gasteiger partial charge in [-0.2, -0.15) is 8.78 Å². The normalized spacial score (nSPS) is 11.4. The Bertz CT molecular complexity index is 2070. The maximum absolute atomic E-state index is 12.5. The smallest absolute Gasteiger partial charge is 0.424 e. The molecule has 0 saturated carbocycles. The molecule has 5 rings (SSSR count). The Morgan fingerprint density at radius 3 is 1.72 bits per heavy atom. The van der Waals surface area contributed by atoms with E-state index >= 15 is 0 Å². The fraction of sp³-hybridized carbons (Fsp3) is 0.250. The van der Waals surface area contributed by atoms with Gasteiger partial charge in [0.25, 0.3) is 5.95 Å². The lowest BCUT2D eigenvalue weighted by Crippen LogP contribution is -2.37. The first-order valence-corrected chi connectivity index (χ1v) is 20.4. The van der Waals surface area contributed by atoms with Gasteiger partial charge in [0, 0.05) is 17.9 Å². The molecule has 0 radical (unpaired) electrons. The van der Waals surface area contributed by atoms with Gasteiger partial charge in [-0.25, -0.2) is 13.8 Å². The second-order valence-corrected chi connectivity index (χ2v) is 13.5. The summed E-state index contributed by atoms with van der Waals surface area (Å²) in [7, 11) is -10.4. The predicted octanol–water partition coefficient (Wildman–Crippen LogP) is 0.337. The highest BCUT2D eigenvalue weighted by atomic mass is 19.2. The van der Waals surface area contributed by atoms with E-state index in [1.54, 1.807) is 38.3 Å². The van der Waals surface area contributed by atoms with Crippen LogP contribution in [0.4, 0.5) is 17.6 Å². The number of pyridine rings is 2. The van der Waals surface area contributed by atoms with Crippen LogP contribution in [-0.4, -0.2) is 130 Å². The average molecular weight is 942 g/mol. The van der Waals surface area contributed by atoms with Crippen molar-refractivity contribution < 1.29 is 87.9 Å². The molecule has 0 fully saturated rings. The minimum absolute atomic E-state index is 0.443. The number of nitrogens with zero attached hydrogens (tertiary/aromatic N) is 2. The molecule has 2 heterocycles. The highest BCUT2D eigenvalue weighted by Gasteiger charge is 2.27. The summed E-state index contributed by atoms with van der Waals surface area (Å²) in [5.74, 6) is -4.35. The van der Waals surface area contributed by atoms with Gasteiger partial charge in [0.2, 0.25) is 5.82 Å². The van der Waals surface area contributed by atoms with E-state index in [0.717, 1.165) is 66.3 Å². The number of allylic oxidation sites excluding steroid dienone is 5. The maximum Gasteiger partial charge on any atom is 0.511 e. The zero-order chi connectivity index (χ0) is 51.5. The number of unbranched alkanes of at least 4 members (excludes halogenated alkanes) is 2. The van der Waals surface area contributed by atoms with Gasteiger partial charge in [0.05, 0.1) is 0 Å². The van der Waals surface area contributed by atoms with Crippen LogP contribution in [0, 0.1) is 23.4 Å². The molecule has 0 bridgehead atoms. The third-order valence-electron chi connectivity index (χ3n) is 8.26. The zero-order valence-corrected chi connectivity index (χ0v) is 37.3. The Morgan fingerprint density at radius 1 is 0.701 bits per heavy atom. The van der Waals surface area contributed by atoms with E-state index in [2.05, 4.69) is 23.5 Å². The molecular weight excluding hydrogens is 884 g/mol. The lowest BCUT2D eigenvalue weighted by atomic mass is 9.74. The SMILES string of the molecule is C=CB(O)O.CC=C(C)B(O)O.CCCCC=CB(O)O.OB(O)C1=CCCCC1.OB(O)C=Cc1ccccc1.OB(O)c1cncc2ccccc12.OB(O)c1nc(F)c(F)c(F)c1F.